The summed E-state index contributed by atoms with van der Waals surface area (Å²) >= 11 is 0. The molecule has 4 rings (SSSR count). The first-order valence-corrected chi connectivity index (χ1v) is 9.22. The summed E-state index contributed by atoms with van der Waals surface area (Å²) in [5, 5.41) is 14.1. The number of anilines is 2. The number of nitro groups is 1. The molecule has 0 spiro atoms. The highest BCUT2D eigenvalue weighted by molar-refractivity contribution is 5.98. The van der Waals surface area contributed by atoms with Crippen LogP contribution in [0.15, 0.2) is 42.5 Å². The minimum absolute atomic E-state index is 0.104. The smallest absolute Gasteiger partial charge is 0.269 e. The molecule has 0 radical (unpaired) electrons. The van der Waals surface area contributed by atoms with Crippen LogP contribution in [0.5, 0.6) is 0 Å². The lowest BCUT2D eigenvalue weighted by Crippen LogP contribution is -2.48. The lowest BCUT2D eigenvalue weighted by Gasteiger charge is -2.35. The number of non-ortho nitro benzene ring substituents is 1. The van der Waals surface area contributed by atoms with Gasteiger partial charge in [0.1, 0.15) is 0 Å². The molecule has 2 heterocycles. The van der Waals surface area contributed by atoms with Gasteiger partial charge in [-0.05, 0) is 42.3 Å². The summed E-state index contributed by atoms with van der Waals surface area (Å²) in [5.41, 5.74) is 4.24. The van der Waals surface area contributed by atoms with Crippen LogP contribution in [0, 0.1) is 10.1 Å². The number of carbonyl (C=O) groups excluding carboxylic acids is 1. The number of Topliss-reactive ketones (excluding diaryl/α,β-unsaturated/α-hetero) is 1. The van der Waals surface area contributed by atoms with E-state index in [1.807, 2.05) is 18.2 Å². The SMILES string of the molecule is O=C(CN1CCN(c2ccc([N+](=O)[O-])cc2)CC1)c1ccc2c(c1)CCN2. The summed E-state index contributed by atoms with van der Waals surface area (Å²) in [7, 11) is 0. The highest BCUT2D eigenvalue weighted by atomic mass is 16.6. The predicted octanol–water partition coefficient (Wildman–Crippen LogP) is 2.57. The molecular formula is C20H22N4O3. The number of nitrogens with zero attached hydrogens (tertiary/aromatic N) is 3. The van der Waals surface area contributed by atoms with Crippen molar-refractivity contribution in [1.29, 1.82) is 0 Å². The summed E-state index contributed by atoms with van der Waals surface area (Å²) in [4.78, 5) is 27.4. The predicted molar refractivity (Wildman–Crippen MR) is 105 cm³/mol. The Hall–Kier alpha value is -2.93. The third-order valence-electron chi connectivity index (χ3n) is 5.30. The molecule has 7 heteroatoms. The van der Waals surface area contributed by atoms with Gasteiger partial charge >= 0.3 is 0 Å². The van der Waals surface area contributed by atoms with E-state index >= 15 is 0 Å². The molecule has 0 bridgehead atoms. The van der Waals surface area contributed by atoms with Crippen molar-refractivity contribution in [3.05, 3.63) is 63.7 Å². The van der Waals surface area contributed by atoms with Gasteiger partial charge in [-0.15, -0.1) is 0 Å². The second-order valence-electron chi connectivity index (χ2n) is 7.01. The maximum atomic E-state index is 12.6. The molecule has 0 saturated carbocycles. The number of benzene rings is 2. The number of nitrogens with one attached hydrogen (secondary N) is 1. The van der Waals surface area contributed by atoms with Gasteiger partial charge in [0, 0.05) is 61.8 Å². The molecule has 0 unspecified atom stereocenters. The lowest BCUT2D eigenvalue weighted by atomic mass is 10.0. The van der Waals surface area contributed by atoms with Crippen LogP contribution >= 0.6 is 0 Å². The Kier molecular flexibility index (Phi) is 4.77. The molecule has 2 aromatic rings. The average Bonchev–Trinajstić information content (AvgIpc) is 3.16. The van der Waals surface area contributed by atoms with E-state index in [0.717, 1.165) is 56.1 Å². The fourth-order valence-corrected chi connectivity index (χ4v) is 3.72. The normalized spacial score (nSPS) is 16.7. The molecule has 27 heavy (non-hydrogen) atoms. The van der Waals surface area contributed by atoms with Gasteiger partial charge in [0.2, 0.25) is 0 Å². The van der Waals surface area contributed by atoms with Crippen molar-refractivity contribution in [2.45, 2.75) is 6.42 Å². The van der Waals surface area contributed by atoms with E-state index in [-0.39, 0.29) is 16.4 Å². The number of hydrogen-bond donors (Lipinski definition) is 1. The highest BCUT2D eigenvalue weighted by Crippen LogP contribution is 2.24. The molecule has 0 amide bonds. The molecule has 1 N–H and O–H groups in total. The first-order valence-electron chi connectivity index (χ1n) is 9.22. The topological polar surface area (TPSA) is 78.7 Å². The number of rotatable bonds is 5. The summed E-state index contributed by atoms with van der Waals surface area (Å²) in [6, 6.07) is 12.6. The fourth-order valence-electron chi connectivity index (χ4n) is 3.72. The quantitative estimate of drug-likeness (QED) is 0.498. The van der Waals surface area contributed by atoms with Crippen LogP contribution in [-0.4, -0.2) is 54.9 Å². The van der Waals surface area contributed by atoms with Gasteiger partial charge in [0.25, 0.3) is 5.69 Å². The largest absolute Gasteiger partial charge is 0.384 e. The Bertz CT molecular complexity index is 858. The molecule has 7 nitrogen and oxygen atoms in total. The van der Waals surface area contributed by atoms with Crippen molar-refractivity contribution in [3.8, 4) is 0 Å². The van der Waals surface area contributed by atoms with E-state index in [2.05, 4.69) is 15.1 Å². The van der Waals surface area contributed by atoms with Crippen molar-refractivity contribution >= 4 is 22.8 Å². The molecule has 2 aromatic carbocycles. The summed E-state index contributed by atoms with van der Waals surface area (Å²) in [6.07, 6.45) is 0.977. The van der Waals surface area contributed by atoms with E-state index in [4.69, 9.17) is 0 Å². The highest BCUT2D eigenvalue weighted by Gasteiger charge is 2.21. The van der Waals surface area contributed by atoms with Crippen molar-refractivity contribution in [3.63, 3.8) is 0 Å². The van der Waals surface area contributed by atoms with Gasteiger partial charge in [-0.25, -0.2) is 0 Å². The third kappa shape index (κ3) is 3.78. The molecule has 1 fully saturated rings. The van der Waals surface area contributed by atoms with Crippen LogP contribution in [0.1, 0.15) is 15.9 Å². The van der Waals surface area contributed by atoms with Gasteiger partial charge in [0.15, 0.2) is 5.78 Å². The van der Waals surface area contributed by atoms with E-state index in [9.17, 15) is 14.9 Å². The Morgan fingerprint density at radius 1 is 1.07 bits per heavy atom. The van der Waals surface area contributed by atoms with E-state index in [0.29, 0.717) is 6.54 Å². The van der Waals surface area contributed by atoms with Crippen LogP contribution in [0.25, 0.3) is 0 Å². The third-order valence-corrected chi connectivity index (χ3v) is 5.30. The summed E-state index contributed by atoms with van der Waals surface area (Å²) in [6.45, 7) is 4.58. The Balaban J connectivity index is 1.32. The Labute approximate surface area is 157 Å². The summed E-state index contributed by atoms with van der Waals surface area (Å²) < 4.78 is 0. The molecule has 0 aromatic heterocycles. The van der Waals surface area contributed by atoms with Gasteiger partial charge in [-0.3, -0.25) is 19.8 Å². The van der Waals surface area contributed by atoms with Crippen molar-refractivity contribution in [2.24, 2.45) is 0 Å². The number of piperazine rings is 1. The van der Waals surface area contributed by atoms with Gasteiger partial charge < -0.3 is 10.2 Å². The lowest BCUT2D eigenvalue weighted by molar-refractivity contribution is -0.384. The maximum Gasteiger partial charge on any atom is 0.269 e. The minimum atomic E-state index is -0.387. The zero-order valence-electron chi connectivity index (χ0n) is 15.1. The van der Waals surface area contributed by atoms with Crippen LogP contribution in [-0.2, 0) is 6.42 Å². The van der Waals surface area contributed by atoms with E-state index in [1.54, 1.807) is 12.1 Å². The van der Waals surface area contributed by atoms with Gasteiger partial charge in [-0.1, -0.05) is 0 Å². The summed E-state index contributed by atoms with van der Waals surface area (Å²) in [5.74, 6) is 0.161. The molecule has 140 valence electrons. The molecular weight excluding hydrogens is 344 g/mol. The van der Waals surface area contributed by atoms with Crippen LogP contribution in [0.3, 0.4) is 0 Å². The number of hydrogen-bond acceptors (Lipinski definition) is 6. The molecule has 0 aliphatic carbocycles. The Morgan fingerprint density at radius 3 is 2.52 bits per heavy atom. The standard InChI is InChI=1S/C20H22N4O3/c25-20(16-1-6-19-15(13-16)7-8-21-19)14-22-9-11-23(12-10-22)17-2-4-18(5-3-17)24(26)27/h1-6,13,21H,7-12,14H2. The number of fused-ring (bicyclic) bond motifs is 1. The minimum Gasteiger partial charge on any atom is -0.384 e. The van der Waals surface area contributed by atoms with E-state index < -0.39 is 0 Å². The van der Waals surface area contributed by atoms with Gasteiger partial charge in [0.05, 0.1) is 11.5 Å². The second kappa shape index (κ2) is 7.36. The Morgan fingerprint density at radius 2 is 1.81 bits per heavy atom. The second-order valence-corrected chi connectivity index (χ2v) is 7.01. The van der Waals surface area contributed by atoms with Crippen molar-refractivity contribution in [1.82, 2.24) is 4.90 Å². The zero-order valence-corrected chi connectivity index (χ0v) is 15.1. The van der Waals surface area contributed by atoms with Crippen LogP contribution in [0.2, 0.25) is 0 Å². The van der Waals surface area contributed by atoms with Crippen LogP contribution in [0.4, 0.5) is 17.1 Å². The zero-order chi connectivity index (χ0) is 18.8. The maximum absolute atomic E-state index is 12.6. The molecule has 0 atom stereocenters. The molecule has 2 aliphatic rings. The number of nitro benzene ring substituents is 1. The van der Waals surface area contributed by atoms with E-state index in [1.165, 1.54) is 17.7 Å². The first kappa shape index (κ1) is 17.5. The molecule has 1 saturated heterocycles. The monoisotopic (exact) mass is 366 g/mol. The number of carbonyl (C=O) groups is 1. The van der Waals surface area contributed by atoms with Gasteiger partial charge in [-0.2, -0.15) is 0 Å². The fraction of sp³-hybridized carbons (Fsp3) is 0.350. The van der Waals surface area contributed by atoms with Crippen molar-refractivity contribution < 1.29 is 9.72 Å². The van der Waals surface area contributed by atoms with Crippen molar-refractivity contribution in [2.75, 3.05) is 49.5 Å². The average molecular weight is 366 g/mol. The van der Waals surface area contributed by atoms with Crippen LogP contribution < -0.4 is 10.2 Å². The molecule has 2 aliphatic heterocycles. The number of ketones is 1. The first-order chi connectivity index (χ1) is 13.1.